The molecule has 152 valence electrons. The second kappa shape index (κ2) is 8.66. The minimum atomic E-state index is -0.208. The number of benzene rings is 2. The molecule has 3 aromatic rings. The van der Waals surface area contributed by atoms with Gasteiger partial charge in [-0.15, -0.1) is 0 Å². The van der Waals surface area contributed by atoms with Crippen LogP contribution >= 0.6 is 0 Å². The molecule has 8 nitrogen and oxygen atoms in total. The zero-order chi connectivity index (χ0) is 20.9. The number of nitrogens with zero attached hydrogens (tertiary/aromatic N) is 4. The molecule has 8 heteroatoms. The number of nitrogens with one attached hydrogen (secondary N) is 1. The van der Waals surface area contributed by atoms with Gasteiger partial charge in [-0.3, -0.25) is 4.79 Å². The normalized spacial score (nSPS) is 16.0. The Kier molecular flexibility index (Phi) is 5.61. The Labute approximate surface area is 174 Å². The Morgan fingerprint density at radius 3 is 2.90 bits per heavy atom. The molecule has 1 N–H and O–H groups in total. The molecule has 30 heavy (non-hydrogen) atoms. The van der Waals surface area contributed by atoms with Gasteiger partial charge in [0.05, 0.1) is 24.7 Å². The van der Waals surface area contributed by atoms with Crippen molar-refractivity contribution in [2.75, 3.05) is 30.4 Å². The zero-order valence-corrected chi connectivity index (χ0v) is 16.5. The highest BCUT2D eigenvalue weighted by molar-refractivity contribution is 5.93. The maximum atomic E-state index is 12.7. The Hall–Kier alpha value is -3.86. The summed E-state index contributed by atoms with van der Waals surface area (Å²) in [5.74, 6) is 0.964. The molecule has 0 bridgehead atoms. The van der Waals surface area contributed by atoms with Crippen LogP contribution in [0.3, 0.4) is 0 Å². The van der Waals surface area contributed by atoms with Crippen molar-refractivity contribution < 1.29 is 14.1 Å². The third-order valence-electron chi connectivity index (χ3n) is 5.09. The van der Waals surface area contributed by atoms with Crippen LogP contribution in [0.1, 0.15) is 18.4 Å². The standard InChI is InChI=1S/C22H21N5O3/c1-29-19-9-7-16(8-10-19)20-25-22(30-26-20)27-11-3-5-17(14-27)21(28)24-18-6-2-4-15(12-18)13-23/h2,4,6-10,12,17H,3,5,11,14H2,1H3,(H,24,28). The molecule has 1 aliphatic rings. The minimum absolute atomic E-state index is 0.0790. The lowest BCUT2D eigenvalue weighted by Crippen LogP contribution is -2.41. The topological polar surface area (TPSA) is 104 Å². The summed E-state index contributed by atoms with van der Waals surface area (Å²) < 4.78 is 10.6. The first-order chi connectivity index (χ1) is 14.7. The van der Waals surface area contributed by atoms with Crippen LogP contribution in [0.2, 0.25) is 0 Å². The van der Waals surface area contributed by atoms with E-state index in [1.807, 2.05) is 29.2 Å². The number of methoxy groups -OCH3 is 1. The molecule has 1 amide bonds. The lowest BCUT2D eigenvalue weighted by Gasteiger charge is -2.30. The lowest BCUT2D eigenvalue weighted by atomic mass is 9.97. The van der Waals surface area contributed by atoms with Crippen LogP contribution in [0.4, 0.5) is 11.7 Å². The van der Waals surface area contributed by atoms with Gasteiger partial charge in [0.1, 0.15) is 5.75 Å². The summed E-state index contributed by atoms with van der Waals surface area (Å²) in [7, 11) is 1.62. The first-order valence-electron chi connectivity index (χ1n) is 9.70. The second-order valence-electron chi connectivity index (χ2n) is 7.10. The molecule has 1 aliphatic heterocycles. The van der Waals surface area contributed by atoms with E-state index in [4.69, 9.17) is 14.5 Å². The largest absolute Gasteiger partial charge is 0.497 e. The van der Waals surface area contributed by atoms with Gasteiger partial charge in [0.25, 0.3) is 0 Å². The smallest absolute Gasteiger partial charge is 0.324 e. The van der Waals surface area contributed by atoms with Gasteiger partial charge >= 0.3 is 6.01 Å². The highest BCUT2D eigenvalue weighted by Crippen LogP contribution is 2.26. The molecule has 1 saturated heterocycles. The van der Waals surface area contributed by atoms with Crippen LogP contribution < -0.4 is 15.0 Å². The summed E-state index contributed by atoms with van der Waals surface area (Å²) in [6, 6.07) is 16.8. The Bertz CT molecular complexity index is 1070. The third kappa shape index (κ3) is 4.25. The van der Waals surface area contributed by atoms with E-state index in [1.165, 1.54) is 0 Å². The van der Waals surface area contributed by atoms with Crippen molar-refractivity contribution in [1.29, 1.82) is 5.26 Å². The number of piperidine rings is 1. The van der Waals surface area contributed by atoms with Crippen molar-refractivity contribution in [2.24, 2.45) is 5.92 Å². The zero-order valence-electron chi connectivity index (χ0n) is 16.5. The monoisotopic (exact) mass is 403 g/mol. The minimum Gasteiger partial charge on any atom is -0.497 e. The average molecular weight is 403 g/mol. The maximum Gasteiger partial charge on any atom is 0.324 e. The number of hydrogen-bond acceptors (Lipinski definition) is 7. The van der Waals surface area contributed by atoms with E-state index in [0.717, 1.165) is 30.7 Å². The Balaban J connectivity index is 1.43. The first kappa shape index (κ1) is 19.5. The van der Waals surface area contributed by atoms with E-state index in [9.17, 15) is 4.79 Å². The summed E-state index contributed by atoms with van der Waals surface area (Å²) in [5.41, 5.74) is 1.96. The van der Waals surface area contributed by atoms with E-state index in [-0.39, 0.29) is 11.8 Å². The highest BCUT2D eigenvalue weighted by atomic mass is 16.5. The van der Waals surface area contributed by atoms with E-state index >= 15 is 0 Å². The van der Waals surface area contributed by atoms with E-state index in [1.54, 1.807) is 31.4 Å². The van der Waals surface area contributed by atoms with Crippen molar-refractivity contribution in [3.05, 3.63) is 54.1 Å². The van der Waals surface area contributed by atoms with Gasteiger partial charge in [-0.05, 0) is 55.3 Å². The van der Waals surface area contributed by atoms with Gasteiger partial charge in [0, 0.05) is 24.3 Å². The van der Waals surface area contributed by atoms with Gasteiger partial charge in [0.2, 0.25) is 11.7 Å². The summed E-state index contributed by atoms with van der Waals surface area (Å²) in [4.78, 5) is 19.2. The van der Waals surface area contributed by atoms with Gasteiger partial charge in [-0.1, -0.05) is 11.2 Å². The molecule has 0 aliphatic carbocycles. The van der Waals surface area contributed by atoms with Gasteiger partial charge in [0.15, 0.2) is 0 Å². The fourth-order valence-electron chi connectivity index (χ4n) is 3.48. The van der Waals surface area contributed by atoms with Crippen LogP contribution in [-0.4, -0.2) is 36.2 Å². The third-order valence-corrected chi connectivity index (χ3v) is 5.09. The lowest BCUT2D eigenvalue weighted by molar-refractivity contribution is -0.120. The predicted molar refractivity (Wildman–Crippen MR) is 111 cm³/mol. The summed E-state index contributed by atoms with van der Waals surface area (Å²) in [6.45, 7) is 1.24. The fourth-order valence-corrected chi connectivity index (χ4v) is 3.48. The van der Waals surface area contributed by atoms with Crippen LogP contribution in [0.5, 0.6) is 5.75 Å². The van der Waals surface area contributed by atoms with E-state index in [2.05, 4.69) is 21.5 Å². The molecule has 0 saturated carbocycles. The number of ether oxygens (including phenoxy) is 1. The summed E-state index contributed by atoms with van der Waals surface area (Å²) in [5, 5.41) is 16.0. The van der Waals surface area contributed by atoms with Crippen LogP contribution in [0.15, 0.2) is 53.1 Å². The number of rotatable bonds is 5. The molecule has 0 radical (unpaired) electrons. The molecule has 1 atom stereocenters. The van der Waals surface area contributed by atoms with E-state index in [0.29, 0.717) is 29.6 Å². The maximum absolute atomic E-state index is 12.7. The quantitative estimate of drug-likeness (QED) is 0.695. The molecule has 2 heterocycles. The van der Waals surface area contributed by atoms with Crippen LogP contribution in [-0.2, 0) is 4.79 Å². The number of aromatic nitrogens is 2. The molecule has 4 rings (SSSR count). The van der Waals surface area contributed by atoms with E-state index < -0.39 is 0 Å². The first-order valence-corrected chi connectivity index (χ1v) is 9.70. The second-order valence-corrected chi connectivity index (χ2v) is 7.10. The number of nitriles is 1. The fraction of sp³-hybridized carbons (Fsp3) is 0.273. The predicted octanol–water partition coefficient (Wildman–Crippen LogP) is 3.47. The molecule has 0 spiro atoms. The van der Waals surface area contributed by atoms with Crippen molar-refractivity contribution >= 4 is 17.6 Å². The van der Waals surface area contributed by atoms with Crippen molar-refractivity contribution in [1.82, 2.24) is 10.1 Å². The number of hydrogen-bond donors (Lipinski definition) is 1. The Morgan fingerprint density at radius 2 is 2.13 bits per heavy atom. The molecule has 1 aromatic heterocycles. The van der Waals surface area contributed by atoms with Crippen LogP contribution in [0, 0.1) is 17.2 Å². The summed E-state index contributed by atoms with van der Waals surface area (Å²) in [6.07, 6.45) is 1.62. The van der Waals surface area contributed by atoms with Crippen molar-refractivity contribution in [3.8, 4) is 23.2 Å². The summed E-state index contributed by atoms with van der Waals surface area (Å²) >= 11 is 0. The molecule has 2 aromatic carbocycles. The molecule has 1 unspecified atom stereocenters. The number of amides is 1. The molecular formula is C22H21N5O3. The number of carbonyl (C=O) groups excluding carboxylic acids is 1. The van der Waals surface area contributed by atoms with Gasteiger partial charge in [-0.2, -0.15) is 10.2 Å². The molecule has 1 fully saturated rings. The number of carbonyl (C=O) groups is 1. The van der Waals surface area contributed by atoms with Gasteiger partial charge < -0.3 is 19.5 Å². The van der Waals surface area contributed by atoms with Crippen molar-refractivity contribution in [2.45, 2.75) is 12.8 Å². The van der Waals surface area contributed by atoms with Crippen molar-refractivity contribution in [3.63, 3.8) is 0 Å². The molecular weight excluding hydrogens is 382 g/mol. The SMILES string of the molecule is COc1ccc(-c2noc(N3CCCC(C(=O)Nc4cccc(C#N)c4)C3)n2)cc1. The van der Waals surface area contributed by atoms with Crippen LogP contribution in [0.25, 0.3) is 11.4 Å². The Morgan fingerprint density at radius 1 is 1.30 bits per heavy atom. The average Bonchev–Trinajstić information content (AvgIpc) is 3.30. The van der Waals surface area contributed by atoms with Gasteiger partial charge in [-0.25, -0.2) is 0 Å². The highest BCUT2D eigenvalue weighted by Gasteiger charge is 2.28. The number of anilines is 2.